The highest BCUT2D eigenvalue weighted by Crippen LogP contribution is 2.27. The van der Waals surface area contributed by atoms with Crippen LogP contribution in [0.4, 0.5) is 0 Å². The lowest BCUT2D eigenvalue weighted by molar-refractivity contribution is -0.278. The maximum absolute atomic E-state index is 9.72. The maximum Gasteiger partial charge on any atom is 0.0669 e. The molecule has 0 amide bonds. The molecule has 0 spiro atoms. The molecule has 0 bridgehead atoms. The van der Waals surface area contributed by atoms with Crippen LogP contribution >= 0.6 is 0 Å². The molecular weight excluding hydrogens is 142 g/mol. The van der Waals surface area contributed by atoms with Crippen LogP contribution in [0, 0.1) is 0 Å². The van der Waals surface area contributed by atoms with Gasteiger partial charge in [-0.3, -0.25) is 0 Å². The van der Waals surface area contributed by atoms with Crippen molar-refractivity contribution >= 4 is 0 Å². The van der Waals surface area contributed by atoms with Gasteiger partial charge in [-0.15, -0.1) is 0 Å². The molecule has 0 aromatic carbocycles. The average molecular weight is 159 g/mol. The second-order valence-electron chi connectivity index (χ2n) is 4.43. The van der Waals surface area contributed by atoms with E-state index in [1.54, 1.807) is 0 Å². The van der Waals surface area contributed by atoms with E-state index >= 15 is 0 Å². The zero-order valence-corrected chi connectivity index (χ0v) is 7.72. The van der Waals surface area contributed by atoms with Crippen LogP contribution in [0.1, 0.15) is 27.7 Å². The molecule has 1 saturated heterocycles. The molecule has 0 atom stereocenters. The van der Waals surface area contributed by atoms with Gasteiger partial charge >= 0.3 is 0 Å². The molecule has 66 valence electrons. The third-order valence-electron chi connectivity index (χ3n) is 2.06. The van der Waals surface area contributed by atoms with Crippen molar-refractivity contribution in [2.45, 2.75) is 38.8 Å². The Morgan fingerprint density at radius 2 is 1.45 bits per heavy atom. The molecule has 1 fully saturated rings. The number of morpholine rings is 1. The fourth-order valence-electron chi connectivity index (χ4n) is 1.49. The summed E-state index contributed by atoms with van der Waals surface area (Å²) in [6, 6.07) is 0. The summed E-state index contributed by atoms with van der Waals surface area (Å²) in [6.45, 7) is 9.05. The van der Waals surface area contributed by atoms with Crippen LogP contribution in [0.25, 0.3) is 0 Å². The molecule has 1 N–H and O–H groups in total. The van der Waals surface area contributed by atoms with Gasteiger partial charge in [0.15, 0.2) is 0 Å². The van der Waals surface area contributed by atoms with Gasteiger partial charge in [0, 0.05) is 0 Å². The van der Waals surface area contributed by atoms with Gasteiger partial charge in [-0.05, 0) is 27.7 Å². The summed E-state index contributed by atoms with van der Waals surface area (Å²) in [7, 11) is 0. The number of rotatable bonds is 0. The monoisotopic (exact) mass is 159 g/mol. The van der Waals surface area contributed by atoms with Crippen molar-refractivity contribution in [1.29, 1.82) is 0 Å². The van der Waals surface area contributed by atoms with E-state index < -0.39 is 0 Å². The minimum atomic E-state index is -0.262. The van der Waals surface area contributed by atoms with Gasteiger partial charge in [-0.2, -0.15) is 5.06 Å². The first kappa shape index (κ1) is 8.97. The Bertz CT molecular complexity index is 138. The van der Waals surface area contributed by atoms with Crippen molar-refractivity contribution in [3.63, 3.8) is 0 Å². The molecular formula is C8H17NO2. The Labute approximate surface area is 67.9 Å². The highest BCUT2D eigenvalue weighted by Gasteiger charge is 2.41. The third kappa shape index (κ3) is 1.55. The summed E-state index contributed by atoms with van der Waals surface area (Å²) < 4.78 is 5.37. The first-order valence-electron chi connectivity index (χ1n) is 3.93. The second kappa shape index (κ2) is 2.44. The number of ether oxygens (including phenoxy) is 1. The van der Waals surface area contributed by atoms with E-state index in [1.165, 1.54) is 5.06 Å². The summed E-state index contributed by atoms with van der Waals surface area (Å²) in [5.41, 5.74) is -0.524. The molecule has 3 nitrogen and oxygen atoms in total. The predicted octanol–water partition coefficient (Wildman–Crippen LogP) is 1.27. The van der Waals surface area contributed by atoms with E-state index in [2.05, 4.69) is 0 Å². The summed E-state index contributed by atoms with van der Waals surface area (Å²) in [4.78, 5) is 0. The van der Waals surface area contributed by atoms with E-state index in [0.717, 1.165) is 0 Å². The van der Waals surface area contributed by atoms with Crippen LogP contribution in [0.2, 0.25) is 0 Å². The van der Waals surface area contributed by atoms with Gasteiger partial charge < -0.3 is 9.94 Å². The number of nitrogens with zero attached hydrogens (tertiary/aromatic N) is 1. The Balaban J connectivity index is 2.76. The highest BCUT2D eigenvalue weighted by molar-refractivity contribution is 4.90. The first-order valence-corrected chi connectivity index (χ1v) is 3.93. The Morgan fingerprint density at radius 1 is 1.09 bits per heavy atom. The van der Waals surface area contributed by atoms with E-state index in [1.807, 2.05) is 27.7 Å². The molecule has 0 aliphatic carbocycles. The van der Waals surface area contributed by atoms with Gasteiger partial charge in [0.25, 0.3) is 0 Å². The summed E-state index contributed by atoms with van der Waals surface area (Å²) in [5.74, 6) is 0. The van der Waals surface area contributed by atoms with Crippen molar-refractivity contribution in [2.75, 3.05) is 13.2 Å². The van der Waals surface area contributed by atoms with Crippen LogP contribution in [0.3, 0.4) is 0 Å². The maximum atomic E-state index is 9.72. The fourth-order valence-corrected chi connectivity index (χ4v) is 1.49. The van der Waals surface area contributed by atoms with Crippen LogP contribution in [0.5, 0.6) is 0 Å². The smallest absolute Gasteiger partial charge is 0.0669 e. The standard InChI is InChI=1S/C8H17NO2/c1-7(2)5-11-6-8(3,4)9(7)10/h10H,5-6H2,1-4H3. The van der Waals surface area contributed by atoms with Crippen LogP contribution in [0.15, 0.2) is 0 Å². The molecule has 1 aliphatic heterocycles. The molecule has 0 aromatic heterocycles. The van der Waals surface area contributed by atoms with Gasteiger partial charge in [0.1, 0.15) is 0 Å². The number of hydrogen-bond donors (Lipinski definition) is 1. The number of hydroxylamine groups is 2. The molecule has 0 unspecified atom stereocenters. The molecule has 0 aromatic rings. The summed E-state index contributed by atoms with van der Waals surface area (Å²) >= 11 is 0. The van der Waals surface area contributed by atoms with Crippen LogP contribution in [-0.4, -0.2) is 34.6 Å². The largest absolute Gasteiger partial charge is 0.377 e. The van der Waals surface area contributed by atoms with E-state index in [0.29, 0.717) is 13.2 Å². The Hall–Kier alpha value is -0.120. The van der Waals surface area contributed by atoms with Crippen molar-refractivity contribution in [3.05, 3.63) is 0 Å². The zero-order chi connectivity index (χ0) is 8.70. The van der Waals surface area contributed by atoms with Crippen LogP contribution in [-0.2, 0) is 4.74 Å². The Kier molecular flexibility index (Phi) is 1.99. The third-order valence-corrected chi connectivity index (χ3v) is 2.06. The van der Waals surface area contributed by atoms with E-state index in [-0.39, 0.29) is 11.1 Å². The lowest BCUT2D eigenvalue weighted by Crippen LogP contribution is -2.61. The predicted molar refractivity (Wildman–Crippen MR) is 42.6 cm³/mol. The van der Waals surface area contributed by atoms with Crippen LogP contribution < -0.4 is 0 Å². The minimum absolute atomic E-state index is 0.262. The molecule has 1 rings (SSSR count). The Morgan fingerprint density at radius 3 is 1.73 bits per heavy atom. The van der Waals surface area contributed by atoms with Crippen molar-refractivity contribution < 1.29 is 9.94 Å². The topological polar surface area (TPSA) is 32.7 Å². The summed E-state index contributed by atoms with van der Waals surface area (Å²) in [5, 5.41) is 11.1. The molecule has 1 heterocycles. The SMILES string of the molecule is CC1(C)COCC(C)(C)N1O. The average Bonchev–Trinajstić information content (AvgIpc) is 1.82. The van der Waals surface area contributed by atoms with Crippen molar-refractivity contribution in [3.8, 4) is 0 Å². The first-order chi connectivity index (χ1) is 4.86. The zero-order valence-electron chi connectivity index (χ0n) is 7.72. The van der Waals surface area contributed by atoms with Gasteiger partial charge in [0.2, 0.25) is 0 Å². The summed E-state index contributed by atoms with van der Waals surface area (Å²) in [6.07, 6.45) is 0. The lowest BCUT2D eigenvalue weighted by Gasteiger charge is -2.47. The van der Waals surface area contributed by atoms with E-state index in [4.69, 9.17) is 4.74 Å². The quantitative estimate of drug-likeness (QED) is 0.577. The van der Waals surface area contributed by atoms with E-state index in [9.17, 15) is 5.21 Å². The van der Waals surface area contributed by atoms with Gasteiger partial charge in [-0.1, -0.05) is 0 Å². The molecule has 3 heteroatoms. The molecule has 0 radical (unpaired) electrons. The van der Waals surface area contributed by atoms with Gasteiger partial charge in [0.05, 0.1) is 24.3 Å². The highest BCUT2D eigenvalue weighted by atomic mass is 16.5. The fraction of sp³-hybridized carbons (Fsp3) is 1.00. The minimum Gasteiger partial charge on any atom is -0.377 e. The normalized spacial score (nSPS) is 30.3. The lowest BCUT2D eigenvalue weighted by atomic mass is 9.95. The molecule has 1 aliphatic rings. The number of hydrogen-bond acceptors (Lipinski definition) is 3. The van der Waals surface area contributed by atoms with Gasteiger partial charge in [-0.25, -0.2) is 0 Å². The molecule has 11 heavy (non-hydrogen) atoms. The second-order valence-corrected chi connectivity index (χ2v) is 4.43. The molecule has 0 saturated carbocycles. The van der Waals surface area contributed by atoms with Crippen molar-refractivity contribution in [1.82, 2.24) is 5.06 Å². The van der Waals surface area contributed by atoms with Crippen molar-refractivity contribution in [2.24, 2.45) is 0 Å².